The highest BCUT2D eigenvalue weighted by Gasteiger charge is 2.33. The van der Waals surface area contributed by atoms with E-state index in [1.165, 1.54) is 6.34 Å². The number of alkyl halides is 3. The van der Waals surface area contributed by atoms with Crippen molar-refractivity contribution in [2.24, 2.45) is 4.99 Å². The van der Waals surface area contributed by atoms with E-state index in [2.05, 4.69) is 10.1 Å². The van der Waals surface area contributed by atoms with Crippen LogP contribution in [0.5, 0.6) is 0 Å². The lowest BCUT2D eigenvalue weighted by molar-refractivity contribution is -0.138. The maximum atomic E-state index is 12.8. The highest BCUT2D eigenvalue weighted by molar-refractivity contribution is 6.32. The van der Waals surface area contributed by atoms with E-state index in [9.17, 15) is 13.2 Å². The lowest BCUT2D eigenvalue weighted by atomic mass is 10.1. The molecule has 0 atom stereocenters. The largest absolute Gasteiger partial charge is 0.405 e. The van der Waals surface area contributed by atoms with E-state index in [4.69, 9.17) is 23.2 Å². The summed E-state index contributed by atoms with van der Waals surface area (Å²) in [6, 6.07) is 14.2. The normalized spacial score (nSPS) is 13.7. The van der Waals surface area contributed by atoms with Crippen LogP contribution in [0, 0.1) is 0 Å². The molecule has 144 valence electrons. The van der Waals surface area contributed by atoms with Gasteiger partial charge in [0.25, 0.3) is 0 Å². The van der Waals surface area contributed by atoms with Crippen molar-refractivity contribution in [2.45, 2.75) is 12.7 Å². The van der Waals surface area contributed by atoms with Gasteiger partial charge in [0, 0.05) is 10.6 Å². The van der Waals surface area contributed by atoms with Gasteiger partial charge in [-0.1, -0.05) is 47.5 Å². The van der Waals surface area contributed by atoms with Gasteiger partial charge in [-0.2, -0.15) is 18.3 Å². The molecule has 1 aliphatic heterocycles. The number of fused-ring (bicyclic) bond motifs is 1. The van der Waals surface area contributed by atoms with Gasteiger partial charge in [-0.05, 0) is 24.3 Å². The Morgan fingerprint density at radius 3 is 2.39 bits per heavy atom. The van der Waals surface area contributed by atoms with Crippen LogP contribution in [0.1, 0.15) is 5.69 Å². The van der Waals surface area contributed by atoms with E-state index in [1.54, 1.807) is 35.0 Å². The second kappa shape index (κ2) is 7.14. The molecule has 3 aromatic rings. The fourth-order valence-electron chi connectivity index (χ4n) is 3.06. The molecule has 2 heterocycles. The first kappa shape index (κ1) is 18.8. The zero-order valence-corrected chi connectivity index (χ0v) is 15.8. The van der Waals surface area contributed by atoms with Crippen molar-refractivity contribution in [2.75, 3.05) is 6.54 Å². The van der Waals surface area contributed by atoms with Crippen molar-refractivity contribution in [1.82, 2.24) is 14.7 Å². The summed E-state index contributed by atoms with van der Waals surface area (Å²) in [6.07, 6.45) is -3.12. The summed E-state index contributed by atoms with van der Waals surface area (Å²) in [6.45, 7) is -1.10. The van der Waals surface area contributed by atoms with Crippen LogP contribution < -0.4 is 0 Å². The maximum Gasteiger partial charge on any atom is 0.405 e. The molecule has 28 heavy (non-hydrogen) atoms. The van der Waals surface area contributed by atoms with Crippen LogP contribution in [0.15, 0.2) is 53.5 Å². The fourth-order valence-corrected chi connectivity index (χ4v) is 3.40. The highest BCUT2D eigenvalue weighted by atomic mass is 35.5. The maximum absolute atomic E-state index is 12.8. The van der Waals surface area contributed by atoms with Crippen molar-refractivity contribution in [1.29, 1.82) is 0 Å². The quantitative estimate of drug-likeness (QED) is 0.525. The van der Waals surface area contributed by atoms with Crippen LogP contribution >= 0.6 is 23.2 Å². The van der Waals surface area contributed by atoms with Gasteiger partial charge >= 0.3 is 6.18 Å². The number of halogens is 5. The number of rotatable bonds is 3. The number of aromatic nitrogens is 2. The predicted molar refractivity (Wildman–Crippen MR) is 104 cm³/mol. The van der Waals surface area contributed by atoms with Crippen LogP contribution in [0.2, 0.25) is 10.0 Å². The Hall–Kier alpha value is -2.51. The smallest absolute Gasteiger partial charge is 0.347 e. The topological polar surface area (TPSA) is 33.4 Å². The van der Waals surface area contributed by atoms with Crippen LogP contribution in [-0.2, 0) is 6.54 Å². The molecule has 0 unspecified atom stereocenters. The van der Waals surface area contributed by atoms with Gasteiger partial charge in [-0.3, -0.25) is 0 Å². The predicted octanol–water partition coefficient (Wildman–Crippen LogP) is 5.88. The average molecular weight is 425 g/mol. The van der Waals surface area contributed by atoms with Crippen molar-refractivity contribution in [3.8, 4) is 16.9 Å². The summed E-state index contributed by atoms with van der Waals surface area (Å²) >= 11 is 12.3. The van der Waals surface area contributed by atoms with E-state index in [-0.39, 0.29) is 6.54 Å². The van der Waals surface area contributed by atoms with Crippen LogP contribution in [0.25, 0.3) is 16.9 Å². The second-order valence-corrected chi connectivity index (χ2v) is 7.12. The number of nitrogens with zero attached hydrogens (tertiary/aromatic N) is 4. The van der Waals surface area contributed by atoms with Crippen molar-refractivity contribution in [3.63, 3.8) is 0 Å². The molecule has 0 fully saturated rings. The standard InChI is InChI=1S/C19H13Cl2F3N4/c20-13-7-5-12(6-8-13)18-17-15(9-27(11-25-17)10-19(22,23)24)26-28(18)16-4-2-1-3-14(16)21/h1-8,11H,9-10H2. The van der Waals surface area contributed by atoms with Gasteiger partial charge in [0.1, 0.15) is 23.6 Å². The van der Waals surface area contributed by atoms with E-state index >= 15 is 0 Å². The van der Waals surface area contributed by atoms with E-state index in [1.807, 2.05) is 18.2 Å². The minimum atomic E-state index is -4.33. The average Bonchev–Trinajstić information content (AvgIpc) is 3.00. The third-order valence-corrected chi connectivity index (χ3v) is 4.79. The molecule has 2 aromatic carbocycles. The van der Waals surface area contributed by atoms with Gasteiger partial charge < -0.3 is 4.90 Å². The minimum absolute atomic E-state index is 0.00359. The van der Waals surface area contributed by atoms with Crippen LogP contribution in [-0.4, -0.2) is 33.7 Å². The molecular weight excluding hydrogens is 412 g/mol. The summed E-state index contributed by atoms with van der Waals surface area (Å²) in [7, 11) is 0. The molecule has 0 aliphatic carbocycles. The van der Waals surface area contributed by atoms with Gasteiger partial charge in [0.2, 0.25) is 0 Å². The summed E-state index contributed by atoms with van der Waals surface area (Å²) in [5, 5.41) is 5.57. The fraction of sp³-hybridized carbons (Fsp3) is 0.158. The number of para-hydroxylation sites is 1. The van der Waals surface area contributed by atoms with Gasteiger partial charge in [-0.15, -0.1) is 0 Å². The van der Waals surface area contributed by atoms with E-state index in [0.717, 1.165) is 10.5 Å². The first-order valence-corrected chi connectivity index (χ1v) is 9.05. The molecule has 0 radical (unpaired) electrons. The minimum Gasteiger partial charge on any atom is -0.347 e. The Morgan fingerprint density at radius 2 is 1.71 bits per heavy atom. The van der Waals surface area contributed by atoms with Gasteiger partial charge in [0.15, 0.2) is 0 Å². The number of aliphatic imine (C=N–C) groups is 1. The molecule has 4 nitrogen and oxygen atoms in total. The molecule has 4 rings (SSSR count). The highest BCUT2D eigenvalue weighted by Crippen LogP contribution is 2.39. The number of hydrogen-bond donors (Lipinski definition) is 0. The van der Waals surface area contributed by atoms with Crippen molar-refractivity contribution >= 4 is 35.2 Å². The molecule has 0 saturated carbocycles. The third kappa shape index (κ3) is 3.72. The molecule has 0 amide bonds. The zero-order valence-electron chi connectivity index (χ0n) is 14.3. The summed E-state index contributed by atoms with van der Waals surface area (Å²) in [4.78, 5) is 5.36. The lowest BCUT2D eigenvalue weighted by Crippen LogP contribution is -2.34. The third-order valence-electron chi connectivity index (χ3n) is 4.21. The van der Waals surface area contributed by atoms with Gasteiger partial charge in [0.05, 0.1) is 23.6 Å². The Bertz CT molecular complexity index is 1040. The summed E-state index contributed by atoms with van der Waals surface area (Å²) in [5.41, 5.74) is 2.99. The first-order chi connectivity index (χ1) is 13.3. The molecule has 0 spiro atoms. The van der Waals surface area contributed by atoms with Gasteiger partial charge in [-0.25, -0.2) is 9.67 Å². The number of hydrogen-bond acceptors (Lipinski definition) is 3. The lowest BCUT2D eigenvalue weighted by Gasteiger charge is -2.23. The van der Waals surface area contributed by atoms with E-state index in [0.29, 0.717) is 32.8 Å². The molecule has 0 saturated heterocycles. The SMILES string of the molecule is FC(F)(F)CN1C=Nc2c(nn(-c3ccccc3Cl)c2-c2ccc(Cl)cc2)C1. The molecule has 9 heteroatoms. The molecule has 0 N–H and O–H groups in total. The molecular formula is C19H13Cl2F3N4. The Balaban J connectivity index is 1.85. The van der Waals surface area contributed by atoms with Crippen LogP contribution in [0.3, 0.4) is 0 Å². The summed E-state index contributed by atoms with van der Waals surface area (Å²) in [5.74, 6) is 0. The summed E-state index contributed by atoms with van der Waals surface area (Å²) < 4.78 is 39.9. The molecule has 1 aromatic heterocycles. The Kier molecular flexibility index (Phi) is 4.81. The monoisotopic (exact) mass is 424 g/mol. The Morgan fingerprint density at radius 1 is 1.00 bits per heavy atom. The second-order valence-electron chi connectivity index (χ2n) is 6.28. The molecule has 1 aliphatic rings. The van der Waals surface area contributed by atoms with E-state index < -0.39 is 12.7 Å². The van der Waals surface area contributed by atoms with Crippen molar-refractivity contribution in [3.05, 3.63) is 64.3 Å². The van der Waals surface area contributed by atoms with Crippen molar-refractivity contribution < 1.29 is 13.2 Å². The number of benzene rings is 2. The first-order valence-electron chi connectivity index (χ1n) is 8.29. The Labute approximate surface area is 168 Å². The van der Waals surface area contributed by atoms with Crippen LogP contribution in [0.4, 0.5) is 18.9 Å². The zero-order chi connectivity index (χ0) is 19.9. The molecule has 0 bridgehead atoms.